The molecule has 0 radical (unpaired) electrons. The lowest BCUT2D eigenvalue weighted by molar-refractivity contribution is 0.886. The van der Waals surface area contributed by atoms with Crippen molar-refractivity contribution in [2.45, 2.75) is 27.7 Å². The summed E-state index contributed by atoms with van der Waals surface area (Å²) in [6.07, 6.45) is 1.87. The highest BCUT2D eigenvalue weighted by atomic mass is 15.3. The third-order valence-corrected chi connectivity index (χ3v) is 4.99. The normalized spacial score (nSPS) is 11.0. The van der Waals surface area contributed by atoms with Gasteiger partial charge in [-0.25, -0.2) is 4.68 Å². The molecule has 2 heteroatoms. The van der Waals surface area contributed by atoms with E-state index in [2.05, 4.69) is 81.3 Å². The molecule has 0 aliphatic heterocycles. The predicted molar refractivity (Wildman–Crippen MR) is 113 cm³/mol. The monoisotopic (exact) mass is 352 g/mol. The van der Waals surface area contributed by atoms with Gasteiger partial charge < -0.3 is 0 Å². The third kappa shape index (κ3) is 3.31. The Bertz CT molecular complexity index is 1060. The molecule has 0 N–H and O–H groups in total. The summed E-state index contributed by atoms with van der Waals surface area (Å²) in [7, 11) is 0. The largest absolute Gasteiger partial charge is 0.233 e. The minimum atomic E-state index is 1.08. The Morgan fingerprint density at radius 3 is 1.89 bits per heavy atom. The average molecular weight is 352 g/mol. The molecule has 4 aromatic rings. The zero-order valence-corrected chi connectivity index (χ0v) is 16.3. The van der Waals surface area contributed by atoms with Gasteiger partial charge in [0.2, 0.25) is 0 Å². The summed E-state index contributed by atoms with van der Waals surface area (Å²) in [5, 5.41) is 4.57. The van der Waals surface area contributed by atoms with Crippen molar-refractivity contribution < 1.29 is 0 Å². The molecule has 0 atom stereocenters. The summed E-state index contributed by atoms with van der Waals surface area (Å²) >= 11 is 0. The first-order valence-electron chi connectivity index (χ1n) is 9.32. The van der Waals surface area contributed by atoms with Crippen LogP contribution in [0.3, 0.4) is 0 Å². The molecule has 0 aliphatic rings. The van der Waals surface area contributed by atoms with Crippen molar-refractivity contribution in [3.63, 3.8) is 0 Å². The maximum Gasteiger partial charge on any atom is 0.0746 e. The standard InChI is InChI=1S/C25H24N2/c1-17-12-18(2)14-21(13-17)22-15-19(3)25(20(4)16-22)24-10-11-26-27(24)23-8-6-5-7-9-23/h5-16H,1-4H3. The summed E-state index contributed by atoms with van der Waals surface area (Å²) < 4.78 is 2.02. The SMILES string of the molecule is Cc1cc(C)cc(-c2cc(C)c(-c3ccnn3-c3ccccc3)c(C)c2)c1. The summed E-state index contributed by atoms with van der Waals surface area (Å²) in [4.78, 5) is 0. The summed E-state index contributed by atoms with van der Waals surface area (Å²) in [6.45, 7) is 8.69. The van der Waals surface area contributed by atoms with Crippen molar-refractivity contribution >= 4 is 0 Å². The Labute approximate surface area is 161 Å². The average Bonchev–Trinajstić information content (AvgIpc) is 3.10. The Kier molecular flexibility index (Phi) is 4.41. The molecule has 4 rings (SSSR count). The minimum absolute atomic E-state index is 1.08. The first-order valence-corrected chi connectivity index (χ1v) is 9.32. The number of rotatable bonds is 3. The van der Waals surface area contributed by atoms with Gasteiger partial charge in [-0.2, -0.15) is 5.10 Å². The molecule has 0 unspecified atom stereocenters. The number of para-hydroxylation sites is 1. The van der Waals surface area contributed by atoms with E-state index < -0.39 is 0 Å². The Morgan fingerprint density at radius 1 is 0.667 bits per heavy atom. The Balaban J connectivity index is 1.84. The van der Waals surface area contributed by atoms with Crippen LogP contribution in [0.4, 0.5) is 0 Å². The number of benzene rings is 3. The van der Waals surface area contributed by atoms with Crippen molar-refractivity contribution in [3.8, 4) is 28.1 Å². The van der Waals surface area contributed by atoms with Crippen molar-refractivity contribution in [2.75, 3.05) is 0 Å². The van der Waals surface area contributed by atoms with Crippen molar-refractivity contribution in [1.29, 1.82) is 0 Å². The van der Waals surface area contributed by atoms with Crippen LogP contribution in [0.25, 0.3) is 28.1 Å². The first kappa shape index (κ1) is 17.3. The molecular weight excluding hydrogens is 328 g/mol. The van der Waals surface area contributed by atoms with Crippen LogP contribution in [0.1, 0.15) is 22.3 Å². The van der Waals surface area contributed by atoms with Crippen LogP contribution in [0.15, 0.2) is 72.9 Å². The van der Waals surface area contributed by atoms with Crippen LogP contribution in [-0.4, -0.2) is 9.78 Å². The van der Waals surface area contributed by atoms with Crippen molar-refractivity contribution in [3.05, 3.63) is 95.2 Å². The predicted octanol–water partition coefficient (Wildman–Crippen LogP) is 6.44. The molecular formula is C25H24N2. The van der Waals surface area contributed by atoms with Gasteiger partial charge in [-0.15, -0.1) is 0 Å². The van der Waals surface area contributed by atoms with E-state index in [0.29, 0.717) is 0 Å². The van der Waals surface area contributed by atoms with Gasteiger partial charge in [0.05, 0.1) is 17.6 Å². The van der Waals surface area contributed by atoms with Crippen LogP contribution in [0.2, 0.25) is 0 Å². The Hall–Kier alpha value is -3.13. The van der Waals surface area contributed by atoms with Gasteiger partial charge in [0.25, 0.3) is 0 Å². The van der Waals surface area contributed by atoms with E-state index in [1.807, 2.05) is 29.1 Å². The van der Waals surface area contributed by atoms with Crippen LogP contribution >= 0.6 is 0 Å². The molecule has 1 heterocycles. The van der Waals surface area contributed by atoms with Gasteiger partial charge in [0, 0.05) is 5.56 Å². The number of aromatic nitrogens is 2. The second-order valence-corrected chi connectivity index (χ2v) is 7.33. The fraction of sp³-hybridized carbons (Fsp3) is 0.160. The lowest BCUT2D eigenvalue weighted by Crippen LogP contribution is -2.01. The van der Waals surface area contributed by atoms with Gasteiger partial charge >= 0.3 is 0 Å². The Morgan fingerprint density at radius 2 is 1.26 bits per heavy atom. The van der Waals surface area contributed by atoms with Crippen LogP contribution in [-0.2, 0) is 0 Å². The van der Waals surface area contributed by atoms with Crippen LogP contribution < -0.4 is 0 Å². The molecule has 0 bridgehead atoms. The van der Waals surface area contributed by atoms with Crippen molar-refractivity contribution in [1.82, 2.24) is 9.78 Å². The molecule has 0 saturated carbocycles. The summed E-state index contributed by atoms with van der Waals surface area (Å²) in [6, 6.07) is 23.7. The smallest absolute Gasteiger partial charge is 0.0746 e. The highest BCUT2D eigenvalue weighted by Gasteiger charge is 2.14. The molecule has 1 aromatic heterocycles. The number of aryl methyl sites for hydroxylation is 4. The second-order valence-electron chi connectivity index (χ2n) is 7.33. The van der Waals surface area contributed by atoms with E-state index >= 15 is 0 Å². The maximum atomic E-state index is 4.57. The van der Waals surface area contributed by atoms with Gasteiger partial charge in [0.1, 0.15) is 0 Å². The number of nitrogens with zero attached hydrogens (tertiary/aromatic N) is 2. The molecule has 0 fully saturated rings. The maximum absolute atomic E-state index is 4.57. The number of hydrogen-bond acceptors (Lipinski definition) is 1. The van der Waals surface area contributed by atoms with Gasteiger partial charge in [-0.3, -0.25) is 0 Å². The van der Waals surface area contributed by atoms with E-state index in [1.165, 1.54) is 38.9 Å². The molecule has 0 aliphatic carbocycles. The first-order chi connectivity index (χ1) is 13.0. The van der Waals surface area contributed by atoms with E-state index in [-0.39, 0.29) is 0 Å². The second kappa shape index (κ2) is 6.88. The van der Waals surface area contributed by atoms with Crippen LogP contribution in [0.5, 0.6) is 0 Å². The lowest BCUT2D eigenvalue weighted by Gasteiger charge is -2.15. The number of hydrogen-bond donors (Lipinski definition) is 0. The molecule has 2 nitrogen and oxygen atoms in total. The highest BCUT2D eigenvalue weighted by Crippen LogP contribution is 2.33. The molecule has 3 aromatic carbocycles. The quantitative estimate of drug-likeness (QED) is 0.415. The van der Waals surface area contributed by atoms with Crippen molar-refractivity contribution in [2.24, 2.45) is 0 Å². The van der Waals surface area contributed by atoms with Crippen LogP contribution in [0, 0.1) is 27.7 Å². The fourth-order valence-corrected chi connectivity index (χ4v) is 3.94. The zero-order chi connectivity index (χ0) is 19.0. The van der Waals surface area contributed by atoms with E-state index in [0.717, 1.165) is 11.4 Å². The van der Waals surface area contributed by atoms with Gasteiger partial charge in [-0.05, 0) is 68.1 Å². The third-order valence-electron chi connectivity index (χ3n) is 4.99. The molecule has 134 valence electrons. The topological polar surface area (TPSA) is 17.8 Å². The summed E-state index contributed by atoms with van der Waals surface area (Å²) in [5.41, 5.74) is 11.1. The minimum Gasteiger partial charge on any atom is -0.233 e. The zero-order valence-electron chi connectivity index (χ0n) is 16.3. The van der Waals surface area contributed by atoms with E-state index in [4.69, 9.17) is 0 Å². The van der Waals surface area contributed by atoms with Gasteiger partial charge in [0.15, 0.2) is 0 Å². The fourth-order valence-electron chi connectivity index (χ4n) is 3.94. The van der Waals surface area contributed by atoms with E-state index in [1.54, 1.807) is 0 Å². The molecule has 0 saturated heterocycles. The molecule has 0 spiro atoms. The van der Waals surface area contributed by atoms with E-state index in [9.17, 15) is 0 Å². The highest BCUT2D eigenvalue weighted by molar-refractivity contribution is 5.76. The van der Waals surface area contributed by atoms with Gasteiger partial charge in [-0.1, -0.05) is 59.7 Å². The lowest BCUT2D eigenvalue weighted by atomic mass is 9.92. The summed E-state index contributed by atoms with van der Waals surface area (Å²) in [5.74, 6) is 0. The molecule has 0 amide bonds. The molecule has 27 heavy (non-hydrogen) atoms.